The van der Waals surface area contributed by atoms with E-state index < -0.39 is 5.97 Å². The third-order valence-corrected chi connectivity index (χ3v) is 5.09. The second-order valence-corrected chi connectivity index (χ2v) is 9.76. The number of hydrogen-bond donors (Lipinski definition) is 2. The predicted molar refractivity (Wildman–Crippen MR) is 176 cm³/mol. The molecule has 40 heavy (non-hydrogen) atoms. The molecule has 0 aromatic heterocycles. The zero-order chi connectivity index (χ0) is 31.1. The lowest BCUT2D eigenvalue weighted by Crippen LogP contribution is -2.06. The van der Waals surface area contributed by atoms with Gasteiger partial charge in [0.15, 0.2) is 0 Å². The molecule has 2 aromatic rings. The Balaban J connectivity index is 0. The summed E-state index contributed by atoms with van der Waals surface area (Å²) in [5, 5.41) is 19.4. The van der Waals surface area contributed by atoms with Crippen molar-refractivity contribution in [3.8, 4) is 0 Å². The summed E-state index contributed by atoms with van der Waals surface area (Å²) in [6.07, 6.45) is 6.51. The highest BCUT2D eigenvalue weighted by atomic mass is 16.4. The van der Waals surface area contributed by atoms with E-state index in [-0.39, 0.29) is 11.3 Å². The molecule has 2 N–H and O–H groups in total. The fraction of sp³-hybridized carbons (Fsp3) is 0.389. The molecule has 0 heterocycles. The molecule has 2 rings (SSSR count). The van der Waals surface area contributed by atoms with Gasteiger partial charge in [0.1, 0.15) is 11.3 Å². The van der Waals surface area contributed by atoms with E-state index in [4.69, 9.17) is 0 Å². The van der Waals surface area contributed by atoms with Gasteiger partial charge in [-0.1, -0.05) is 121 Å². The van der Waals surface area contributed by atoms with Crippen LogP contribution in [0.25, 0.3) is 5.57 Å². The highest BCUT2D eigenvalue weighted by Gasteiger charge is 2.10. The lowest BCUT2D eigenvalue weighted by atomic mass is 10.00. The molecule has 0 amide bonds. The standard InChI is InChI=1S/C22H27NO3.C8H10.C4H10.C2H6/c1-6-10-23-14-20(22(25)26)21(24)13-17(4)16(3)12-18(5)19-9-7-8-15(2)11-19;1-2-8-6-4-3-5-7-8;1-4(2)3;1-2/h7-9,11-14,24H,5-6,10H2,1-4H3,(H,25,26);3-7H,2H2,1H3;4H,1-3H3;1-2H3/b16-12+,17-13+,21-20-,23-14?;;;. The smallest absolute Gasteiger partial charge is 0.341 e. The molecule has 2 aromatic carbocycles. The van der Waals surface area contributed by atoms with Crippen molar-refractivity contribution >= 4 is 17.8 Å². The molecule has 4 nitrogen and oxygen atoms in total. The van der Waals surface area contributed by atoms with Gasteiger partial charge in [-0.2, -0.15) is 0 Å². The van der Waals surface area contributed by atoms with Crippen molar-refractivity contribution in [2.45, 2.75) is 82.1 Å². The van der Waals surface area contributed by atoms with E-state index in [9.17, 15) is 15.0 Å². The Labute approximate surface area is 244 Å². The summed E-state index contributed by atoms with van der Waals surface area (Å²) in [5.74, 6) is -0.694. The van der Waals surface area contributed by atoms with E-state index in [0.717, 1.165) is 46.6 Å². The summed E-state index contributed by atoms with van der Waals surface area (Å²) in [6.45, 7) is 24.9. The largest absolute Gasteiger partial charge is 0.507 e. The Hall–Kier alpha value is -3.66. The topological polar surface area (TPSA) is 69.9 Å². The van der Waals surface area contributed by atoms with Gasteiger partial charge in [-0.25, -0.2) is 4.79 Å². The molecule has 0 aliphatic rings. The first-order chi connectivity index (χ1) is 18.9. The Morgan fingerprint density at radius 2 is 1.48 bits per heavy atom. The predicted octanol–water partition coefficient (Wildman–Crippen LogP) is 10.2. The van der Waals surface area contributed by atoms with E-state index >= 15 is 0 Å². The van der Waals surface area contributed by atoms with E-state index in [1.807, 2.05) is 71.9 Å². The van der Waals surface area contributed by atoms with Crippen LogP contribution in [0, 0.1) is 12.8 Å². The number of allylic oxidation sites excluding steroid dienone is 5. The SMILES string of the molecule is C=C(/C=C(C)/C(C)=C/C(O)=C(\C=NCCC)C(=O)O)c1cccc(C)c1.CC.CC(C)C.CCc1ccccc1. The summed E-state index contributed by atoms with van der Waals surface area (Å²) in [5.41, 5.74) is 5.85. The summed E-state index contributed by atoms with van der Waals surface area (Å²) >= 11 is 0. The van der Waals surface area contributed by atoms with Crippen LogP contribution < -0.4 is 0 Å². The van der Waals surface area contributed by atoms with Gasteiger partial charge in [-0.05, 0) is 73.5 Å². The molecule has 220 valence electrons. The minimum absolute atomic E-state index is 0.219. The van der Waals surface area contributed by atoms with Crippen molar-refractivity contribution in [1.29, 1.82) is 0 Å². The van der Waals surface area contributed by atoms with E-state index in [1.165, 1.54) is 17.9 Å². The van der Waals surface area contributed by atoms with Crippen LogP contribution in [-0.2, 0) is 11.2 Å². The van der Waals surface area contributed by atoms with E-state index in [2.05, 4.69) is 69.6 Å². The number of carbonyl (C=O) groups is 1. The second kappa shape index (κ2) is 23.2. The van der Waals surface area contributed by atoms with Gasteiger partial charge in [0, 0.05) is 12.8 Å². The maximum Gasteiger partial charge on any atom is 0.341 e. The van der Waals surface area contributed by atoms with E-state index in [0.29, 0.717) is 6.54 Å². The summed E-state index contributed by atoms with van der Waals surface area (Å²) < 4.78 is 0. The molecule has 0 spiro atoms. The molecule has 0 aliphatic carbocycles. The maximum atomic E-state index is 11.3. The van der Waals surface area contributed by atoms with Gasteiger partial charge in [0.05, 0.1) is 0 Å². The number of aliphatic imine (C=N–C) groups is 1. The number of aliphatic carboxylic acids is 1. The fourth-order valence-electron chi connectivity index (χ4n) is 2.93. The molecule has 0 fully saturated rings. The number of nitrogens with zero attached hydrogens (tertiary/aromatic N) is 1. The Bertz CT molecular complexity index is 1120. The highest BCUT2D eigenvalue weighted by molar-refractivity contribution is 6.09. The molecule has 4 heteroatoms. The Morgan fingerprint density at radius 3 is 1.93 bits per heavy atom. The summed E-state index contributed by atoms with van der Waals surface area (Å²) in [7, 11) is 0. The first kappa shape index (κ1) is 38.5. The van der Waals surface area contributed by atoms with Gasteiger partial charge < -0.3 is 10.2 Å². The highest BCUT2D eigenvalue weighted by Crippen LogP contribution is 2.20. The van der Waals surface area contributed by atoms with Crippen LogP contribution in [-0.4, -0.2) is 28.9 Å². The first-order valence-electron chi connectivity index (χ1n) is 14.3. The molecule has 0 saturated heterocycles. The number of aliphatic hydroxyl groups is 1. The van der Waals surface area contributed by atoms with Crippen molar-refractivity contribution in [2.75, 3.05) is 6.54 Å². The zero-order valence-electron chi connectivity index (χ0n) is 26.6. The third kappa shape index (κ3) is 18.6. The lowest BCUT2D eigenvalue weighted by molar-refractivity contribution is -0.132. The number of rotatable bonds is 9. The minimum Gasteiger partial charge on any atom is -0.507 e. The number of carboxylic acids is 1. The van der Waals surface area contributed by atoms with Crippen LogP contribution in [0.15, 0.2) is 101 Å². The normalized spacial score (nSPS) is 11.8. The maximum absolute atomic E-state index is 11.3. The number of hydrogen-bond acceptors (Lipinski definition) is 3. The Kier molecular flexibility index (Phi) is 22.4. The van der Waals surface area contributed by atoms with Gasteiger partial charge in [-0.3, -0.25) is 4.99 Å². The van der Waals surface area contributed by atoms with Crippen LogP contribution >= 0.6 is 0 Å². The van der Waals surface area contributed by atoms with Crippen molar-refractivity contribution in [3.63, 3.8) is 0 Å². The van der Waals surface area contributed by atoms with Crippen molar-refractivity contribution < 1.29 is 15.0 Å². The quantitative estimate of drug-likeness (QED) is 0.142. The van der Waals surface area contributed by atoms with Gasteiger partial charge in [0.2, 0.25) is 0 Å². The average Bonchev–Trinajstić information content (AvgIpc) is 2.92. The summed E-state index contributed by atoms with van der Waals surface area (Å²) in [6, 6.07) is 18.5. The third-order valence-electron chi connectivity index (χ3n) is 5.09. The number of aryl methyl sites for hydroxylation is 2. The van der Waals surface area contributed by atoms with E-state index in [1.54, 1.807) is 0 Å². The van der Waals surface area contributed by atoms with Crippen LogP contribution in [0.3, 0.4) is 0 Å². The fourth-order valence-corrected chi connectivity index (χ4v) is 2.93. The second-order valence-electron chi connectivity index (χ2n) is 9.76. The van der Waals surface area contributed by atoms with Gasteiger partial charge >= 0.3 is 5.97 Å². The van der Waals surface area contributed by atoms with Gasteiger partial charge in [-0.15, -0.1) is 0 Å². The number of carboxylic acid groups (broad SMARTS) is 1. The van der Waals surface area contributed by atoms with Crippen molar-refractivity contribution in [2.24, 2.45) is 10.9 Å². The zero-order valence-corrected chi connectivity index (χ0v) is 26.6. The molecular formula is C36H53NO3. The molecule has 0 unspecified atom stereocenters. The molecule has 0 aliphatic heterocycles. The Morgan fingerprint density at radius 1 is 0.925 bits per heavy atom. The van der Waals surface area contributed by atoms with Crippen molar-refractivity contribution in [3.05, 3.63) is 112 Å². The lowest BCUT2D eigenvalue weighted by Gasteiger charge is -2.07. The van der Waals surface area contributed by atoms with Crippen LogP contribution in [0.4, 0.5) is 0 Å². The number of aliphatic hydroxyl groups excluding tert-OH is 1. The van der Waals surface area contributed by atoms with Crippen LogP contribution in [0.1, 0.15) is 85.4 Å². The molecule has 0 bridgehead atoms. The molecule has 0 saturated carbocycles. The summed E-state index contributed by atoms with van der Waals surface area (Å²) in [4.78, 5) is 15.3. The average molecular weight is 548 g/mol. The molecule has 0 atom stereocenters. The van der Waals surface area contributed by atoms with Crippen LogP contribution in [0.2, 0.25) is 0 Å². The first-order valence-corrected chi connectivity index (χ1v) is 14.3. The number of benzene rings is 2. The molecular weight excluding hydrogens is 494 g/mol. The monoisotopic (exact) mass is 547 g/mol. The van der Waals surface area contributed by atoms with Crippen LogP contribution in [0.5, 0.6) is 0 Å². The minimum atomic E-state index is -1.21. The van der Waals surface area contributed by atoms with Crippen molar-refractivity contribution in [1.82, 2.24) is 0 Å². The molecule has 0 radical (unpaired) electrons. The van der Waals surface area contributed by atoms with Gasteiger partial charge in [0.25, 0.3) is 0 Å².